The summed E-state index contributed by atoms with van der Waals surface area (Å²) in [4.78, 5) is 0. The summed E-state index contributed by atoms with van der Waals surface area (Å²) in [5, 5.41) is 15.3. The van der Waals surface area contributed by atoms with E-state index < -0.39 is 0 Å². The monoisotopic (exact) mass is 289 g/mol. The van der Waals surface area contributed by atoms with Crippen LogP contribution in [0.15, 0.2) is 60.7 Å². The molecule has 0 aliphatic carbocycles. The molecular formula is C17H15N5. The molecule has 0 amide bonds. The number of rotatable bonds is 2. The SMILES string of the molecule is Cc1ccc(C2=C[C@@H](c3ccccc3)n3nnnc3N2)cc1. The second kappa shape index (κ2) is 5.11. The molecule has 1 atom stereocenters. The van der Waals surface area contributed by atoms with E-state index in [1.54, 1.807) is 4.68 Å². The van der Waals surface area contributed by atoms with Crippen LogP contribution in [0.25, 0.3) is 5.70 Å². The Labute approximate surface area is 128 Å². The lowest BCUT2D eigenvalue weighted by molar-refractivity contribution is 0.586. The van der Waals surface area contributed by atoms with Gasteiger partial charge in [-0.15, -0.1) is 0 Å². The maximum absolute atomic E-state index is 4.11. The molecule has 4 rings (SSSR count). The van der Waals surface area contributed by atoms with Gasteiger partial charge in [-0.05, 0) is 34.6 Å². The molecular weight excluding hydrogens is 274 g/mol. The lowest BCUT2D eigenvalue weighted by atomic mass is 10.0. The first-order chi connectivity index (χ1) is 10.8. The Kier molecular flexibility index (Phi) is 2.96. The molecule has 1 aliphatic heterocycles. The van der Waals surface area contributed by atoms with Gasteiger partial charge in [-0.1, -0.05) is 65.3 Å². The van der Waals surface area contributed by atoms with Crippen molar-refractivity contribution in [3.63, 3.8) is 0 Å². The van der Waals surface area contributed by atoms with Gasteiger partial charge in [0, 0.05) is 5.70 Å². The zero-order valence-corrected chi connectivity index (χ0v) is 12.1. The van der Waals surface area contributed by atoms with Crippen LogP contribution in [0.3, 0.4) is 0 Å². The van der Waals surface area contributed by atoms with Gasteiger partial charge in [0.2, 0.25) is 5.95 Å². The van der Waals surface area contributed by atoms with E-state index in [9.17, 15) is 0 Å². The lowest BCUT2D eigenvalue weighted by Crippen LogP contribution is -2.20. The van der Waals surface area contributed by atoms with E-state index in [0.29, 0.717) is 5.95 Å². The summed E-state index contributed by atoms with van der Waals surface area (Å²) >= 11 is 0. The second-order valence-corrected chi connectivity index (χ2v) is 5.37. The molecule has 0 fully saturated rings. The van der Waals surface area contributed by atoms with Crippen LogP contribution in [-0.2, 0) is 0 Å². The fourth-order valence-corrected chi connectivity index (χ4v) is 2.64. The van der Waals surface area contributed by atoms with Crippen LogP contribution in [0, 0.1) is 6.92 Å². The maximum atomic E-state index is 4.11. The van der Waals surface area contributed by atoms with E-state index in [2.05, 4.69) is 70.2 Å². The molecule has 1 aliphatic rings. The number of hydrogen-bond acceptors (Lipinski definition) is 4. The zero-order chi connectivity index (χ0) is 14.9. The number of nitrogens with one attached hydrogen (secondary N) is 1. The van der Waals surface area contributed by atoms with E-state index in [1.807, 2.05) is 18.2 Å². The average molecular weight is 289 g/mol. The molecule has 1 aromatic heterocycles. The van der Waals surface area contributed by atoms with Crippen LogP contribution in [-0.4, -0.2) is 20.2 Å². The van der Waals surface area contributed by atoms with Crippen LogP contribution < -0.4 is 5.32 Å². The number of nitrogens with zero attached hydrogens (tertiary/aromatic N) is 4. The molecule has 108 valence electrons. The van der Waals surface area contributed by atoms with Crippen molar-refractivity contribution < 1.29 is 0 Å². The molecule has 2 aromatic carbocycles. The van der Waals surface area contributed by atoms with Crippen molar-refractivity contribution in [1.29, 1.82) is 0 Å². The van der Waals surface area contributed by atoms with Crippen molar-refractivity contribution in [2.45, 2.75) is 13.0 Å². The molecule has 2 heterocycles. The summed E-state index contributed by atoms with van der Waals surface area (Å²) in [5.74, 6) is 0.659. The smallest absolute Gasteiger partial charge is 0.248 e. The quantitative estimate of drug-likeness (QED) is 0.788. The lowest BCUT2D eigenvalue weighted by Gasteiger charge is -2.23. The number of tetrazole rings is 1. The minimum atomic E-state index is -0.0104. The third kappa shape index (κ3) is 2.16. The molecule has 5 nitrogen and oxygen atoms in total. The zero-order valence-electron chi connectivity index (χ0n) is 12.1. The van der Waals surface area contributed by atoms with Gasteiger partial charge in [0.05, 0.1) is 0 Å². The van der Waals surface area contributed by atoms with Crippen molar-refractivity contribution >= 4 is 11.6 Å². The number of allylic oxidation sites excluding steroid dienone is 1. The van der Waals surface area contributed by atoms with E-state index in [4.69, 9.17) is 0 Å². The maximum Gasteiger partial charge on any atom is 0.248 e. The van der Waals surface area contributed by atoms with E-state index in [-0.39, 0.29) is 6.04 Å². The third-order valence-corrected chi connectivity index (χ3v) is 3.83. The molecule has 0 bridgehead atoms. The highest BCUT2D eigenvalue weighted by molar-refractivity contribution is 5.77. The first kappa shape index (κ1) is 12.8. The van der Waals surface area contributed by atoms with Gasteiger partial charge >= 0.3 is 0 Å². The first-order valence-electron chi connectivity index (χ1n) is 7.20. The van der Waals surface area contributed by atoms with E-state index >= 15 is 0 Å². The van der Waals surface area contributed by atoms with Crippen molar-refractivity contribution in [3.8, 4) is 0 Å². The summed E-state index contributed by atoms with van der Waals surface area (Å²) in [6.45, 7) is 2.08. The van der Waals surface area contributed by atoms with Gasteiger partial charge in [-0.3, -0.25) is 0 Å². The molecule has 1 N–H and O–H groups in total. The van der Waals surface area contributed by atoms with Crippen LogP contribution in [0.5, 0.6) is 0 Å². The Bertz CT molecular complexity index is 818. The summed E-state index contributed by atoms with van der Waals surface area (Å²) in [7, 11) is 0. The van der Waals surface area contributed by atoms with Gasteiger partial charge in [0.1, 0.15) is 6.04 Å². The van der Waals surface area contributed by atoms with E-state index in [1.165, 1.54) is 5.56 Å². The summed E-state index contributed by atoms with van der Waals surface area (Å²) < 4.78 is 1.80. The first-order valence-corrected chi connectivity index (χ1v) is 7.20. The number of aromatic nitrogens is 4. The van der Waals surface area contributed by atoms with Gasteiger partial charge in [-0.25, -0.2) is 0 Å². The van der Waals surface area contributed by atoms with Crippen molar-refractivity contribution in [2.75, 3.05) is 5.32 Å². The highest BCUT2D eigenvalue weighted by Gasteiger charge is 2.23. The molecule has 0 saturated carbocycles. The largest absolute Gasteiger partial charge is 0.323 e. The van der Waals surface area contributed by atoms with Crippen LogP contribution in [0.1, 0.15) is 22.7 Å². The van der Waals surface area contributed by atoms with Gasteiger partial charge < -0.3 is 5.32 Å². The number of fused-ring (bicyclic) bond motifs is 1. The molecule has 0 saturated heterocycles. The Balaban J connectivity index is 1.81. The van der Waals surface area contributed by atoms with Crippen LogP contribution >= 0.6 is 0 Å². The Morgan fingerprint density at radius 3 is 2.55 bits per heavy atom. The van der Waals surface area contributed by atoms with Gasteiger partial charge in [-0.2, -0.15) is 4.68 Å². The third-order valence-electron chi connectivity index (χ3n) is 3.83. The average Bonchev–Trinajstić information content (AvgIpc) is 3.04. The highest BCUT2D eigenvalue weighted by Crippen LogP contribution is 2.31. The number of aryl methyl sites for hydroxylation is 1. The van der Waals surface area contributed by atoms with Crippen LogP contribution in [0.2, 0.25) is 0 Å². The molecule has 0 radical (unpaired) electrons. The standard InChI is InChI=1S/C17H15N5/c1-12-7-9-13(10-8-12)15-11-16(14-5-3-2-4-6-14)22-17(18-15)19-20-21-22/h2-11,16H,1H3,(H,18,19,21)/t16-/m0/s1. The van der Waals surface area contributed by atoms with E-state index in [0.717, 1.165) is 16.8 Å². The summed E-state index contributed by atoms with van der Waals surface area (Å²) in [6.07, 6.45) is 2.16. The number of anilines is 1. The fraction of sp³-hybridized carbons (Fsp3) is 0.118. The topological polar surface area (TPSA) is 55.6 Å². The number of hydrogen-bond donors (Lipinski definition) is 1. The molecule has 3 aromatic rings. The van der Waals surface area contributed by atoms with Crippen molar-refractivity contribution in [3.05, 3.63) is 77.4 Å². The van der Waals surface area contributed by atoms with Crippen molar-refractivity contribution in [2.24, 2.45) is 0 Å². The molecule has 0 unspecified atom stereocenters. The highest BCUT2D eigenvalue weighted by atomic mass is 15.6. The Morgan fingerprint density at radius 1 is 1.00 bits per heavy atom. The number of benzene rings is 2. The predicted octanol–water partition coefficient (Wildman–Crippen LogP) is 3.04. The Hall–Kier alpha value is -2.95. The fourth-order valence-electron chi connectivity index (χ4n) is 2.64. The van der Waals surface area contributed by atoms with Crippen LogP contribution in [0.4, 0.5) is 5.95 Å². The predicted molar refractivity (Wildman–Crippen MR) is 85.2 cm³/mol. The minimum absolute atomic E-state index is 0.0104. The van der Waals surface area contributed by atoms with Gasteiger partial charge in [0.15, 0.2) is 0 Å². The normalized spacial score (nSPS) is 16.6. The molecule has 0 spiro atoms. The molecule has 5 heteroatoms. The summed E-state index contributed by atoms with van der Waals surface area (Å²) in [6, 6.07) is 18.7. The minimum Gasteiger partial charge on any atom is -0.323 e. The van der Waals surface area contributed by atoms with Gasteiger partial charge in [0.25, 0.3) is 0 Å². The van der Waals surface area contributed by atoms with Crippen molar-refractivity contribution in [1.82, 2.24) is 20.2 Å². The molecule has 22 heavy (non-hydrogen) atoms. The second-order valence-electron chi connectivity index (χ2n) is 5.37. The Morgan fingerprint density at radius 2 is 1.77 bits per heavy atom. The summed E-state index contributed by atoms with van der Waals surface area (Å²) in [5.41, 5.74) is 4.55.